The second kappa shape index (κ2) is 5.07. The molecule has 0 bridgehead atoms. The highest BCUT2D eigenvalue weighted by Gasteiger charge is 1.97. The summed E-state index contributed by atoms with van der Waals surface area (Å²) in [5, 5.41) is 0.747. The first kappa shape index (κ1) is 11.7. The number of benzene rings is 2. The quantitative estimate of drug-likeness (QED) is 0.614. The van der Waals surface area contributed by atoms with Crippen molar-refractivity contribution in [3.8, 4) is 0 Å². The van der Waals surface area contributed by atoms with Crippen LogP contribution in [0.2, 0.25) is 5.02 Å². The van der Waals surface area contributed by atoms with E-state index in [1.165, 1.54) is 0 Å². The molecule has 0 saturated heterocycles. The van der Waals surface area contributed by atoms with E-state index in [9.17, 15) is 0 Å². The molecule has 0 saturated carbocycles. The van der Waals surface area contributed by atoms with Gasteiger partial charge in [-0.2, -0.15) is 0 Å². The summed E-state index contributed by atoms with van der Waals surface area (Å²) in [6.07, 6.45) is 4.05. The first-order valence-corrected chi connectivity index (χ1v) is 5.83. The second-order valence-electron chi connectivity index (χ2n) is 3.96. The minimum Gasteiger partial charge on any atom is -0.398 e. The average Bonchev–Trinajstić information content (AvgIpc) is 2.33. The number of rotatable bonds is 2. The van der Waals surface area contributed by atoms with Crippen molar-refractivity contribution in [1.82, 2.24) is 0 Å². The smallest absolute Gasteiger partial charge is 0.0417 e. The van der Waals surface area contributed by atoms with Crippen LogP contribution in [0, 0.1) is 6.92 Å². The Morgan fingerprint density at radius 1 is 1.00 bits per heavy atom. The summed E-state index contributed by atoms with van der Waals surface area (Å²) in [7, 11) is 0. The fourth-order valence-corrected chi connectivity index (χ4v) is 1.73. The van der Waals surface area contributed by atoms with Gasteiger partial charge in [0.05, 0.1) is 0 Å². The summed E-state index contributed by atoms with van der Waals surface area (Å²) < 4.78 is 0. The highest BCUT2D eigenvalue weighted by atomic mass is 35.5. The van der Waals surface area contributed by atoms with E-state index in [0.717, 1.165) is 27.4 Å². The molecule has 86 valence electrons. The van der Waals surface area contributed by atoms with Crippen LogP contribution in [0.4, 0.5) is 5.69 Å². The predicted molar refractivity (Wildman–Crippen MR) is 76.0 cm³/mol. The van der Waals surface area contributed by atoms with Crippen molar-refractivity contribution in [2.45, 2.75) is 6.92 Å². The minimum absolute atomic E-state index is 0.747. The van der Waals surface area contributed by atoms with E-state index in [2.05, 4.69) is 0 Å². The lowest BCUT2D eigenvalue weighted by atomic mass is 10.1. The molecule has 0 heterocycles. The maximum absolute atomic E-state index is 6.00. The summed E-state index contributed by atoms with van der Waals surface area (Å²) in [4.78, 5) is 0. The third-order valence-corrected chi connectivity index (χ3v) is 2.94. The fraction of sp³-hybridized carbons (Fsp3) is 0.0667. The molecule has 0 unspecified atom stereocenters. The van der Waals surface area contributed by atoms with Gasteiger partial charge in [-0.25, -0.2) is 0 Å². The number of para-hydroxylation sites is 1. The molecule has 2 aromatic rings. The molecule has 17 heavy (non-hydrogen) atoms. The van der Waals surface area contributed by atoms with Gasteiger partial charge in [0.2, 0.25) is 0 Å². The molecule has 2 rings (SSSR count). The summed E-state index contributed by atoms with van der Waals surface area (Å²) in [6, 6.07) is 13.7. The van der Waals surface area contributed by atoms with Crippen molar-refractivity contribution >= 4 is 29.4 Å². The van der Waals surface area contributed by atoms with Gasteiger partial charge in [-0.1, -0.05) is 54.1 Å². The van der Waals surface area contributed by atoms with E-state index in [1.807, 2.05) is 61.5 Å². The highest BCUT2D eigenvalue weighted by Crippen LogP contribution is 2.19. The molecule has 1 nitrogen and oxygen atoms in total. The first-order valence-electron chi connectivity index (χ1n) is 5.45. The van der Waals surface area contributed by atoms with Crippen LogP contribution in [0.5, 0.6) is 0 Å². The lowest BCUT2D eigenvalue weighted by Crippen LogP contribution is -1.92. The highest BCUT2D eigenvalue weighted by molar-refractivity contribution is 6.30. The number of halogens is 1. The van der Waals surface area contributed by atoms with Gasteiger partial charge in [0, 0.05) is 10.7 Å². The molecule has 0 atom stereocenters. The topological polar surface area (TPSA) is 26.0 Å². The van der Waals surface area contributed by atoms with Gasteiger partial charge in [-0.3, -0.25) is 0 Å². The second-order valence-corrected chi connectivity index (χ2v) is 4.40. The molecule has 0 spiro atoms. The van der Waals surface area contributed by atoms with Crippen LogP contribution in [-0.4, -0.2) is 0 Å². The number of nitrogens with two attached hydrogens (primary N) is 1. The van der Waals surface area contributed by atoms with Crippen molar-refractivity contribution in [3.05, 3.63) is 64.2 Å². The number of hydrogen-bond donors (Lipinski definition) is 1. The molecule has 2 heteroatoms. The van der Waals surface area contributed by atoms with Crippen LogP contribution in [0.15, 0.2) is 42.5 Å². The Morgan fingerprint density at radius 3 is 2.41 bits per heavy atom. The molecule has 0 aliphatic rings. The lowest BCUT2D eigenvalue weighted by molar-refractivity contribution is 1.46. The number of hydrogen-bond acceptors (Lipinski definition) is 1. The SMILES string of the molecule is Cc1cccc(C=Cc2ccc(Cl)cc2)c1N. The van der Waals surface area contributed by atoms with Crippen LogP contribution in [0.25, 0.3) is 12.2 Å². The third-order valence-electron chi connectivity index (χ3n) is 2.68. The summed E-state index contributed by atoms with van der Waals surface area (Å²) in [6.45, 7) is 2.01. The van der Waals surface area contributed by atoms with Crippen molar-refractivity contribution < 1.29 is 0 Å². The molecule has 0 aliphatic heterocycles. The molecule has 0 amide bonds. The number of anilines is 1. The first-order chi connectivity index (χ1) is 8.16. The van der Waals surface area contributed by atoms with Crippen LogP contribution in [0.1, 0.15) is 16.7 Å². The molecule has 0 fully saturated rings. The Labute approximate surface area is 107 Å². The van der Waals surface area contributed by atoms with Crippen molar-refractivity contribution in [2.75, 3.05) is 5.73 Å². The van der Waals surface area contributed by atoms with Crippen molar-refractivity contribution in [3.63, 3.8) is 0 Å². The van der Waals surface area contributed by atoms with Gasteiger partial charge in [-0.15, -0.1) is 0 Å². The maximum atomic E-state index is 6.00. The Bertz CT molecular complexity index is 541. The third kappa shape index (κ3) is 2.89. The molecule has 0 aromatic heterocycles. The Balaban J connectivity index is 2.26. The molecular weight excluding hydrogens is 230 g/mol. The number of nitrogen functional groups attached to an aromatic ring is 1. The largest absolute Gasteiger partial charge is 0.398 e. The molecular formula is C15H14ClN. The van der Waals surface area contributed by atoms with Crippen LogP contribution < -0.4 is 5.73 Å². The van der Waals surface area contributed by atoms with Gasteiger partial charge in [-0.05, 0) is 35.7 Å². The summed E-state index contributed by atoms with van der Waals surface area (Å²) >= 11 is 5.83. The predicted octanol–water partition coefficient (Wildman–Crippen LogP) is 4.40. The summed E-state index contributed by atoms with van der Waals surface area (Å²) in [5.74, 6) is 0. The Hall–Kier alpha value is -1.73. The normalized spacial score (nSPS) is 10.9. The summed E-state index contributed by atoms with van der Waals surface area (Å²) in [5.41, 5.74) is 10.1. The van der Waals surface area contributed by atoms with Crippen LogP contribution >= 0.6 is 11.6 Å². The van der Waals surface area contributed by atoms with Crippen LogP contribution in [0.3, 0.4) is 0 Å². The minimum atomic E-state index is 0.747. The van der Waals surface area contributed by atoms with Gasteiger partial charge < -0.3 is 5.73 Å². The van der Waals surface area contributed by atoms with Gasteiger partial charge in [0.1, 0.15) is 0 Å². The molecule has 2 N–H and O–H groups in total. The van der Waals surface area contributed by atoms with E-state index in [0.29, 0.717) is 0 Å². The number of aryl methyl sites for hydroxylation is 1. The fourth-order valence-electron chi connectivity index (χ4n) is 1.61. The van der Waals surface area contributed by atoms with Crippen LogP contribution in [-0.2, 0) is 0 Å². The average molecular weight is 244 g/mol. The van der Waals surface area contributed by atoms with E-state index in [-0.39, 0.29) is 0 Å². The molecule has 2 aromatic carbocycles. The van der Waals surface area contributed by atoms with E-state index < -0.39 is 0 Å². The zero-order chi connectivity index (χ0) is 12.3. The van der Waals surface area contributed by atoms with Gasteiger partial charge in [0.25, 0.3) is 0 Å². The van der Waals surface area contributed by atoms with E-state index in [1.54, 1.807) is 0 Å². The van der Waals surface area contributed by atoms with E-state index in [4.69, 9.17) is 17.3 Å². The van der Waals surface area contributed by atoms with Crippen molar-refractivity contribution in [2.24, 2.45) is 0 Å². The zero-order valence-electron chi connectivity index (χ0n) is 9.65. The zero-order valence-corrected chi connectivity index (χ0v) is 10.4. The maximum Gasteiger partial charge on any atom is 0.0417 e. The Morgan fingerprint density at radius 2 is 1.71 bits per heavy atom. The van der Waals surface area contributed by atoms with Gasteiger partial charge in [0.15, 0.2) is 0 Å². The molecule has 0 aliphatic carbocycles. The lowest BCUT2D eigenvalue weighted by Gasteiger charge is -2.03. The molecule has 0 radical (unpaired) electrons. The van der Waals surface area contributed by atoms with E-state index >= 15 is 0 Å². The standard InChI is InChI=1S/C15H14ClN/c1-11-3-2-4-13(15(11)17)8-5-12-6-9-14(16)10-7-12/h2-10H,17H2,1H3. The Kier molecular flexibility index (Phi) is 3.50. The van der Waals surface area contributed by atoms with Crippen molar-refractivity contribution in [1.29, 1.82) is 0 Å². The van der Waals surface area contributed by atoms with Gasteiger partial charge >= 0.3 is 0 Å². The monoisotopic (exact) mass is 243 g/mol.